The van der Waals surface area contributed by atoms with Crippen LogP contribution in [0.5, 0.6) is 0 Å². The first-order valence-corrected chi connectivity index (χ1v) is 11.4. The van der Waals surface area contributed by atoms with E-state index in [0.717, 1.165) is 23.3 Å². The predicted molar refractivity (Wildman–Crippen MR) is 129 cm³/mol. The van der Waals surface area contributed by atoms with Crippen molar-refractivity contribution < 1.29 is 23.1 Å². The van der Waals surface area contributed by atoms with Crippen LogP contribution in [0.2, 0.25) is 0 Å². The Hall–Kier alpha value is -4.40. The van der Waals surface area contributed by atoms with Crippen LogP contribution in [0.3, 0.4) is 0 Å². The standard InChI is InChI=1S/C27H22F2N4O3/c1-2-24(34)36-14-18-10-21(28)22(29)11-19(18)15-7-8-23-20(9-15)25(32-27(30)31-23)26(35)33-12-16-5-3-4-6-17(16)13-33/h3-11H,2,12-14H2,1H3,(H2,30,31,32). The molecule has 3 aromatic carbocycles. The number of hydrogen-bond donors (Lipinski definition) is 1. The third-order valence-electron chi connectivity index (χ3n) is 6.18. The largest absolute Gasteiger partial charge is 0.461 e. The molecule has 0 radical (unpaired) electrons. The lowest BCUT2D eigenvalue weighted by Gasteiger charge is -2.17. The lowest BCUT2D eigenvalue weighted by molar-refractivity contribution is -0.144. The average molecular weight is 488 g/mol. The van der Waals surface area contributed by atoms with Crippen molar-refractivity contribution in [1.82, 2.24) is 14.9 Å². The van der Waals surface area contributed by atoms with Crippen LogP contribution < -0.4 is 5.73 Å². The molecule has 2 heterocycles. The summed E-state index contributed by atoms with van der Waals surface area (Å²) in [7, 11) is 0. The highest BCUT2D eigenvalue weighted by Gasteiger charge is 2.27. The van der Waals surface area contributed by atoms with Gasteiger partial charge in [-0.25, -0.2) is 18.7 Å². The van der Waals surface area contributed by atoms with E-state index in [1.54, 1.807) is 30.0 Å². The van der Waals surface area contributed by atoms with Gasteiger partial charge in [-0.3, -0.25) is 9.59 Å². The molecule has 1 aliphatic rings. The number of halogens is 2. The number of carbonyl (C=O) groups excluding carboxylic acids is 2. The van der Waals surface area contributed by atoms with Crippen LogP contribution in [0.1, 0.15) is 40.5 Å². The van der Waals surface area contributed by atoms with Crippen molar-refractivity contribution in [1.29, 1.82) is 0 Å². The Bertz CT molecular complexity index is 1500. The third kappa shape index (κ3) is 4.35. The number of anilines is 1. The minimum atomic E-state index is -1.05. The van der Waals surface area contributed by atoms with Crippen molar-refractivity contribution in [2.75, 3.05) is 5.73 Å². The number of fused-ring (bicyclic) bond motifs is 2. The second kappa shape index (κ2) is 9.33. The molecule has 0 bridgehead atoms. The van der Waals surface area contributed by atoms with Crippen molar-refractivity contribution in [3.8, 4) is 11.1 Å². The first kappa shape index (κ1) is 23.3. The van der Waals surface area contributed by atoms with Crippen LogP contribution in [-0.2, 0) is 29.2 Å². The van der Waals surface area contributed by atoms with Gasteiger partial charge in [-0.2, -0.15) is 0 Å². The van der Waals surface area contributed by atoms with E-state index in [4.69, 9.17) is 10.5 Å². The summed E-state index contributed by atoms with van der Waals surface area (Å²) in [6, 6.07) is 14.8. The molecule has 4 aromatic rings. The van der Waals surface area contributed by atoms with Crippen LogP contribution in [0.15, 0.2) is 54.6 Å². The molecule has 1 aliphatic heterocycles. The van der Waals surface area contributed by atoms with Crippen LogP contribution in [-0.4, -0.2) is 26.7 Å². The maximum absolute atomic E-state index is 14.2. The molecule has 0 saturated carbocycles. The first-order valence-electron chi connectivity index (χ1n) is 11.4. The molecule has 1 aromatic heterocycles. The molecule has 9 heteroatoms. The summed E-state index contributed by atoms with van der Waals surface area (Å²) < 4.78 is 33.4. The van der Waals surface area contributed by atoms with Gasteiger partial charge in [-0.05, 0) is 46.5 Å². The van der Waals surface area contributed by atoms with Gasteiger partial charge in [-0.15, -0.1) is 0 Å². The highest BCUT2D eigenvalue weighted by molar-refractivity contribution is 6.06. The van der Waals surface area contributed by atoms with Gasteiger partial charge in [0.1, 0.15) is 12.3 Å². The molecule has 0 unspecified atom stereocenters. The van der Waals surface area contributed by atoms with Crippen molar-refractivity contribution >= 4 is 28.7 Å². The van der Waals surface area contributed by atoms with Crippen molar-refractivity contribution in [3.63, 3.8) is 0 Å². The summed E-state index contributed by atoms with van der Waals surface area (Å²) in [5.41, 5.74) is 9.67. The van der Waals surface area contributed by atoms with Gasteiger partial charge in [0.15, 0.2) is 11.6 Å². The molecule has 1 amide bonds. The van der Waals surface area contributed by atoms with E-state index in [0.29, 0.717) is 35.1 Å². The minimum Gasteiger partial charge on any atom is -0.461 e. The average Bonchev–Trinajstić information content (AvgIpc) is 3.32. The van der Waals surface area contributed by atoms with Crippen molar-refractivity contribution in [2.24, 2.45) is 0 Å². The summed E-state index contributed by atoms with van der Waals surface area (Å²) in [4.78, 5) is 35.3. The Morgan fingerprint density at radius 3 is 2.39 bits per heavy atom. The summed E-state index contributed by atoms with van der Waals surface area (Å²) in [6.45, 7) is 2.29. The summed E-state index contributed by atoms with van der Waals surface area (Å²) >= 11 is 0. The zero-order chi connectivity index (χ0) is 25.4. The molecule has 0 spiro atoms. The molecular formula is C27H22F2N4O3. The van der Waals surface area contributed by atoms with E-state index in [1.807, 2.05) is 24.3 Å². The van der Waals surface area contributed by atoms with E-state index in [1.165, 1.54) is 0 Å². The zero-order valence-corrected chi connectivity index (χ0v) is 19.4. The summed E-state index contributed by atoms with van der Waals surface area (Å²) in [5.74, 6) is -2.93. The minimum absolute atomic E-state index is 0.0460. The van der Waals surface area contributed by atoms with Gasteiger partial charge >= 0.3 is 5.97 Å². The van der Waals surface area contributed by atoms with Crippen LogP contribution in [0, 0.1) is 11.6 Å². The van der Waals surface area contributed by atoms with Gasteiger partial charge in [0.25, 0.3) is 5.91 Å². The number of nitrogen functional groups attached to an aromatic ring is 1. The number of benzene rings is 3. The number of rotatable bonds is 5. The lowest BCUT2D eigenvalue weighted by Crippen LogP contribution is -2.27. The van der Waals surface area contributed by atoms with Crippen LogP contribution in [0.25, 0.3) is 22.0 Å². The molecule has 2 N–H and O–H groups in total. The maximum Gasteiger partial charge on any atom is 0.305 e. The second-order valence-electron chi connectivity index (χ2n) is 8.53. The van der Waals surface area contributed by atoms with E-state index < -0.39 is 17.6 Å². The Morgan fingerprint density at radius 2 is 1.69 bits per heavy atom. The number of amides is 1. The predicted octanol–water partition coefficient (Wildman–Crippen LogP) is 4.77. The fourth-order valence-corrected chi connectivity index (χ4v) is 4.34. The molecule has 0 aliphatic carbocycles. The monoisotopic (exact) mass is 488 g/mol. The van der Waals surface area contributed by atoms with E-state index in [2.05, 4.69) is 9.97 Å². The van der Waals surface area contributed by atoms with E-state index >= 15 is 0 Å². The molecule has 7 nitrogen and oxygen atoms in total. The fraction of sp³-hybridized carbons (Fsp3) is 0.185. The van der Waals surface area contributed by atoms with Gasteiger partial charge in [0, 0.05) is 30.5 Å². The maximum atomic E-state index is 14.2. The Balaban J connectivity index is 1.57. The number of nitrogens with two attached hydrogens (primary N) is 1. The normalized spacial score (nSPS) is 12.6. The van der Waals surface area contributed by atoms with Gasteiger partial charge in [0.05, 0.1) is 5.52 Å². The Kier molecular flexibility index (Phi) is 6.05. The molecular weight excluding hydrogens is 466 g/mol. The van der Waals surface area contributed by atoms with E-state index in [9.17, 15) is 18.4 Å². The molecule has 0 saturated heterocycles. The molecule has 5 rings (SSSR count). The third-order valence-corrected chi connectivity index (χ3v) is 6.18. The van der Waals surface area contributed by atoms with Crippen LogP contribution in [0.4, 0.5) is 14.7 Å². The van der Waals surface area contributed by atoms with Crippen LogP contribution >= 0.6 is 0 Å². The van der Waals surface area contributed by atoms with E-state index in [-0.39, 0.29) is 36.1 Å². The molecule has 36 heavy (non-hydrogen) atoms. The SMILES string of the molecule is CCC(=O)OCc1cc(F)c(F)cc1-c1ccc2nc(N)nc(C(=O)N3Cc4ccccc4C3)c2c1. The first-order chi connectivity index (χ1) is 17.3. The highest BCUT2D eigenvalue weighted by Crippen LogP contribution is 2.32. The Morgan fingerprint density at radius 1 is 1.00 bits per heavy atom. The zero-order valence-electron chi connectivity index (χ0n) is 19.4. The van der Waals surface area contributed by atoms with Gasteiger partial charge in [0.2, 0.25) is 5.95 Å². The van der Waals surface area contributed by atoms with Gasteiger partial charge < -0.3 is 15.4 Å². The number of esters is 1. The topological polar surface area (TPSA) is 98.4 Å². The molecule has 0 fully saturated rings. The Labute approximate surface area is 205 Å². The molecule has 0 atom stereocenters. The number of ether oxygens (including phenoxy) is 1. The van der Waals surface area contributed by atoms with Gasteiger partial charge in [-0.1, -0.05) is 37.3 Å². The lowest BCUT2D eigenvalue weighted by atomic mass is 9.97. The molecule has 182 valence electrons. The number of aromatic nitrogens is 2. The smallest absolute Gasteiger partial charge is 0.305 e. The van der Waals surface area contributed by atoms with Crippen molar-refractivity contribution in [2.45, 2.75) is 33.0 Å². The summed E-state index contributed by atoms with van der Waals surface area (Å²) in [5, 5.41) is 0.420. The number of nitrogens with zero attached hydrogens (tertiary/aromatic N) is 3. The number of carbonyl (C=O) groups is 2. The quantitative estimate of drug-likeness (QED) is 0.407. The second-order valence-corrected chi connectivity index (χ2v) is 8.53. The fourth-order valence-electron chi connectivity index (χ4n) is 4.34. The highest BCUT2D eigenvalue weighted by atomic mass is 19.2. The summed E-state index contributed by atoms with van der Waals surface area (Å²) in [6.07, 6.45) is 0.152. The number of hydrogen-bond acceptors (Lipinski definition) is 6. The van der Waals surface area contributed by atoms with Crippen molar-refractivity contribution in [3.05, 3.63) is 88.6 Å².